The second kappa shape index (κ2) is 25.2. The molecule has 8 fully saturated rings. The first kappa shape index (κ1) is 61.6. The van der Waals surface area contributed by atoms with Crippen molar-refractivity contribution >= 4 is 18.6 Å². The lowest BCUT2D eigenvalue weighted by Gasteiger charge is -2.53. The topological polar surface area (TPSA) is 444 Å². The summed E-state index contributed by atoms with van der Waals surface area (Å²) < 4.78 is 51.8. The zero-order valence-corrected chi connectivity index (χ0v) is 43.4. The van der Waals surface area contributed by atoms with Gasteiger partial charge in [-0.15, -0.1) is 0 Å². The lowest BCUT2D eigenvalue weighted by atomic mass is 9.52. The van der Waals surface area contributed by atoms with E-state index < -0.39 is 203 Å². The van der Waals surface area contributed by atoms with Gasteiger partial charge in [-0.2, -0.15) is 12.6 Å². The second-order valence-corrected chi connectivity index (χ2v) is 23.4. The molecule has 444 valence electrons. The lowest BCUT2D eigenvalue weighted by Crippen LogP contribution is -2.67. The number of thiol groups is 1. The smallest absolute Gasteiger partial charge is 0.314 e. The summed E-state index contributed by atoms with van der Waals surface area (Å²) in [6, 6.07) is 0. The molecule has 5 aliphatic heterocycles. The number of carbonyl (C=O) groups is 1. The van der Waals surface area contributed by atoms with E-state index in [-0.39, 0.29) is 30.1 Å². The first-order valence-corrected chi connectivity index (χ1v) is 27.0. The zero-order valence-electron chi connectivity index (χ0n) is 42.5. The Morgan fingerprint density at radius 2 is 0.948 bits per heavy atom. The van der Waals surface area contributed by atoms with Crippen LogP contribution in [0.5, 0.6) is 0 Å². The fourth-order valence-corrected chi connectivity index (χ4v) is 13.8. The monoisotopic (exact) mass is 1130 g/mol. The molecule has 8 aliphatic rings. The molecule has 0 bridgehead atoms. The average molecular weight is 1130 g/mol. The van der Waals surface area contributed by atoms with Crippen molar-refractivity contribution in [1.82, 2.24) is 0 Å². The van der Waals surface area contributed by atoms with Crippen molar-refractivity contribution in [1.29, 1.82) is 0 Å². The van der Waals surface area contributed by atoms with E-state index in [1.54, 1.807) is 6.92 Å². The van der Waals surface area contributed by atoms with Crippen LogP contribution in [-0.4, -0.2) is 284 Å². The van der Waals surface area contributed by atoms with E-state index >= 15 is 0 Å². The van der Waals surface area contributed by atoms with Crippen LogP contribution in [0, 0.1) is 29.1 Å². The van der Waals surface area contributed by atoms with Gasteiger partial charge >= 0.3 is 5.97 Å². The highest BCUT2D eigenvalue weighted by molar-refractivity contribution is 7.82. The number of hydrogen-bond acceptors (Lipinski definition) is 28. The Morgan fingerprint density at radius 3 is 1.45 bits per heavy atom. The maximum atomic E-state index is 14.6. The van der Waals surface area contributed by atoms with Gasteiger partial charge in [0.2, 0.25) is 6.29 Å². The Labute approximate surface area is 448 Å². The van der Waals surface area contributed by atoms with Gasteiger partial charge in [-0.05, 0) is 82.0 Å². The number of rotatable bonds is 15. The van der Waals surface area contributed by atoms with Crippen LogP contribution in [0.4, 0.5) is 0 Å². The third-order valence-electron chi connectivity index (χ3n) is 18.0. The standard InChI is InChI=1S/C49H80O27S/c1-17-10-18-5-6-21-20(4-3-8-48(21,2)47(67)76-46-39(66)41(31(58)27(16-54)72-46)74-44-37(64)34(61)29(56)24(13-51)70-44)19(18)7-9-49(17,77)11-22-40(73-43-36(63)33(60)28(55)23(12-50)69-43)42(32(59)26(15-53)68-22)75-45-38(65)35(62)30(57)25(14-52)71-45/h18-46,50-66,77H,1,3-16H2,2H3/t18?,19-,20?,21+,22?,23?,24?,25?,26?,27?,28?,29?,30?,31?,32?,33?,34?,35?,36?,37?,38?,39?,40?,41?,42?,43?,44?,45?,46?,48-,49?/m1/s1. The summed E-state index contributed by atoms with van der Waals surface area (Å²) in [5, 5.41) is 180. The summed E-state index contributed by atoms with van der Waals surface area (Å²) in [6.07, 6.45) is -38.7. The predicted octanol–water partition coefficient (Wildman–Crippen LogP) is -7.11. The maximum absolute atomic E-state index is 14.6. The van der Waals surface area contributed by atoms with Crippen molar-refractivity contribution in [2.24, 2.45) is 29.1 Å². The molecule has 8 rings (SSSR count). The highest BCUT2D eigenvalue weighted by Gasteiger charge is 2.60. The summed E-state index contributed by atoms with van der Waals surface area (Å²) >= 11 is 5.29. The highest BCUT2D eigenvalue weighted by Crippen LogP contribution is 2.59. The van der Waals surface area contributed by atoms with E-state index in [9.17, 15) is 91.6 Å². The average Bonchev–Trinajstić information content (AvgIpc) is 3.57. The Balaban J connectivity index is 1.01. The molecule has 0 radical (unpaired) electrons. The van der Waals surface area contributed by atoms with Gasteiger partial charge in [0, 0.05) is 4.75 Å². The Hall–Kier alpha value is -1.44. The van der Waals surface area contributed by atoms with Crippen LogP contribution >= 0.6 is 12.6 Å². The molecule has 28 unspecified atom stereocenters. The van der Waals surface area contributed by atoms with Gasteiger partial charge in [0.15, 0.2) is 18.9 Å². The van der Waals surface area contributed by atoms with Gasteiger partial charge in [0.05, 0.1) is 44.6 Å². The summed E-state index contributed by atoms with van der Waals surface area (Å²) in [4.78, 5) is 14.6. The van der Waals surface area contributed by atoms with Crippen LogP contribution in [0.15, 0.2) is 12.2 Å². The Bertz CT molecular complexity index is 1960. The fourth-order valence-electron chi connectivity index (χ4n) is 13.4. The van der Waals surface area contributed by atoms with Gasteiger partial charge in [0.25, 0.3) is 0 Å². The number of esters is 1. The summed E-state index contributed by atoms with van der Waals surface area (Å²) in [7, 11) is 0. The van der Waals surface area contributed by atoms with Gasteiger partial charge < -0.3 is 129 Å². The van der Waals surface area contributed by atoms with Gasteiger partial charge in [-0.1, -0.05) is 18.6 Å². The Kier molecular flexibility index (Phi) is 20.2. The van der Waals surface area contributed by atoms with Crippen molar-refractivity contribution < 1.29 is 134 Å². The first-order chi connectivity index (χ1) is 36.5. The van der Waals surface area contributed by atoms with E-state index in [0.717, 1.165) is 6.42 Å². The summed E-state index contributed by atoms with van der Waals surface area (Å²) in [6.45, 7) is 2.25. The molecular formula is C49H80O27S. The van der Waals surface area contributed by atoms with Crippen molar-refractivity contribution in [3.63, 3.8) is 0 Å². The molecule has 27 nitrogen and oxygen atoms in total. The fraction of sp³-hybridized carbons (Fsp3) is 0.939. The third-order valence-corrected chi connectivity index (χ3v) is 18.8. The molecule has 0 amide bonds. The van der Waals surface area contributed by atoms with Crippen LogP contribution in [0.1, 0.15) is 64.7 Å². The molecule has 3 saturated carbocycles. The van der Waals surface area contributed by atoms with Crippen molar-refractivity contribution in [2.75, 3.05) is 33.0 Å². The molecule has 77 heavy (non-hydrogen) atoms. The van der Waals surface area contributed by atoms with Gasteiger partial charge in [0.1, 0.15) is 122 Å². The van der Waals surface area contributed by atoms with Crippen LogP contribution in [0.2, 0.25) is 0 Å². The molecule has 0 spiro atoms. The van der Waals surface area contributed by atoms with Gasteiger partial charge in [-0.25, -0.2) is 0 Å². The zero-order chi connectivity index (χ0) is 56.2. The predicted molar refractivity (Wildman–Crippen MR) is 256 cm³/mol. The normalized spacial score (nSPS) is 52.7. The van der Waals surface area contributed by atoms with Crippen molar-refractivity contribution in [3.8, 4) is 0 Å². The number of ether oxygens (including phenoxy) is 9. The maximum Gasteiger partial charge on any atom is 0.314 e. The lowest BCUT2D eigenvalue weighted by molar-refractivity contribution is -0.371. The van der Waals surface area contributed by atoms with Crippen LogP contribution in [0.25, 0.3) is 0 Å². The van der Waals surface area contributed by atoms with E-state index in [4.69, 9.17) is 55.3 Å². The molecule has 17 N–H and O–H groups in total. The number of hydrogen-bond donors (Lipinski definition) is 18. The molecule has 5 heterocycles. The number of carbonyl (C=O) groups excluding carboxylic acids is 1. The molecule has 5 saturated heterocycles. The second-order valence-electron chi connectivity index (χ2n) is 22.6. The quantitative estimate of drug-likeness (QED) is 0.0412. The number of aliphatic hydroxyl groups is 17. The molecular weight excluding hydrogens is 1050 g/mol. The summed E-state index contributed by atoms with van der Waals surface area (Å²) in [5.41, 5.74) is -0.458. The highest BCUT2D eigenvalue weighted by atomic mass is 32.1. The first-order valence-electron chi connectivity index (χ1n) is 26.5. The molecule has 3 aliphatic carbocycles. The Morgan fingerprint density at radius 1 is 0.506 bits per heavy atom. The molecule has 31 atom stereocenters. The van der Waals surface area contributed by atoms with Crippen molar-refractivity contribution in [2.45, 2.75) is 223 Å². The summed E-state index contributed by atoms with van der Waals surface area (Å²) in [5.74, 6) is -0.978. The number of fused-ring (bicyclic) bond motifs is 3. The minimum atomic E-state index is -1.96. The molecule has 0 aromatic heterocycles. The van der Waals surface area contributed by atoms with Crippen LogP contribution < -0.4 is 0 Å². The minimum Gasteiger partial charge on any atom is -0.432 e. The molecule has 0 aromatic carbocycles. The van der Waals surface area contributed by atoms with E-state index in [2.05, 4.69) is 6.58 Å². The van der Waals surface area contributed by atoms with Crippen LogP contribution in [-0.2, 0) is 47.4 Å². The van der Waals surface area contributed by atoms with Crippen molar-refractivity contribution in [3.05, 3.63) is 12.2 Å². The van der Waals surface area contributed by atoms with E-state index in [1.165, 1.54) is 0 Å². The minimum absolute atomic E-state index is 0.00331. The van der Waals surface area contributed by atoms with E-state index in [1.807, 2.05) is 0 Å². The molecule has 28 heteroatoms. The third kappa shape index (κ3) is 11.9. The molecule has 0 aromatic rings. The van der Waals surface area contributed by atoms with Crippen LogP contribution in [0.3, 0.4) is 0 Å². The number of aliphatic hydroxyl groups excluding tert-OH is 17. The SMILES string of the molecule is C=C1CC2CC[C@H]3C(CCC[C@@]3(C)C(=O)OC3OC(CO)C(O)C(OC4OC(CO)C(O)C(O)C4O)C3O)[C@@H]2CCC1(S)CC1OC(CO)C(O)C(OC2OC(CO)C(O)C(O)C2O)C1OC1OC(CO)C(O)C(O)C1O. The largest absolute Gasteiger partial charge is 0.432 e. The van der Waals surface area contributed by atoms with Gasteiger partial charge in [-0.3, -0.25) is 4.79 Å². The van der Waals surface area contributed by atoms with E-state index in [0.29, 0.717) is 50.5 Å².